The van der Waals surface area contributed by atoms with Gasteiger partial charge < -0.3 is 15.3 Å². The lowest BCUT2D eigenvalue weighted by Gasteiger charge is -2.27. The molecule has 0 radical (unpaired) electrons. The van der Waals surface area contributed by atoms with Gasteiger partial charge in [-0.3, -0.25) is 14.6 Å². The van der Waals surface area contributed by atoms with E-state index in [0.29, 0.717) is 25.3 Å². The Hall–Kier alpha value is -2.21. The molecule has 6 nitrogen and oxygen atoms in total. The first-order valence-electron chi connectivity index (χ1n) is 12.8. The van der Waals surface area contributed by atoms with Crippen molar-refractivity contribution >= 4 is 23.2 Å². The predicted molar refractivity (Wildman–Crippen MR) is 133 cm³/mol. The van der Waals surface area contributed by atoms with Crippen molar-refractivity contribution < 1.29 is 14.7 Å². The Kier molecular flexibility index (Phi) is 9.07. The Bertz CT molecular complexity index is 847. The number of carbonyl (C=O) groups excluding carboxylic acids is 2. The van der Waals surface area contributed by atoms with Crippen LogP contribution in [0.2, 0.25) is 0 Å². The fourth-order valence-corrected chi connectivity index (χ4v) is 4.56. The summed E-state index contributed by atoms with van der Waals surface area (Å²) in [6.45, 7) is 8.89. The Morgan fingerprint density at radius 2 is 1.88 bits per heavy atom. The summed E-state index contributed by atoms with van der Waals surface area (Å²) in [4.78, 5) is 33.6. The van der Waals surface area contributed by atoms with Crippen LogP contribution in [0.4, 0.5) is 5.69 Å². The zero-order chi connectivity index (χ0) is 24.0. The van der Waals surface area contributed by atoms with E-state index in [4.69, 9.17) is 4.99 Å². The number of aliphatic hydroxyl groups excluding tert-OH is 1. The van der Waals surface area contributed by atoms with Crippen LogP contribution in [0.1, 0.15) is 84.6 Å². The number of hydrogen-bond donors (Lipinski definition) is 2. The van der Waals surface area contributed by atoms with Crippen molar-refractivity contribution in [2.24, 2.45) is 22.7 Å². The smallest absolute Gasteiger partial charge is 0.272 e. The Balaban J connectivity index is 1.90. The SMILES string of the molecule is CCCC[C@H](O)[C@@H](CC1CC1)C(=O)NC1N=C(C(C)C)c2ccccc2N(CCCC)C1=O. The van der Waals surface area contributed by atoms with Gasteiger partial charge in [-0.05, 0) is 37.2 Å². The highest BCUT2D eigenvalue weighted by Crippen LogP contribution is 2.37. The number of unbranched alkanes of at least 4 members (excludes halogenated alkanes) is 2. The molecular weight excluding hydrogens is 414 g/mol. The van der Waals surface area contributed by atoms with Gasteiger partial charge in [0.2, 0.25) is 12.1 Å². The van der Waals surface area contributed by atoms with Crippen LogP contribution in [0.3, 0.4) is 0 Å². The molecule has 0 spiro atoms. The highest BCUT2D eigenvalue weighted by molar-refractivity contribution is 6.13. The van der Waals surface area contributed by atoms with Crippen molar-refractivity contribution in [1.29, 1.82) is 0 Å². The van der Waals surface area contributed by atoms with Crippen LogP contribution in [0.5, 0.6) is 0 Å². The number of aliphatic imine (C=N–C) groups is 1. The normalized spacial score (nSPS) is 20.2. The van der Waals surface area contributed by atoms with Crippen molar-refractivity contribution in [1.82, 2.24) is 5.32 Å². The number of benzodiazepines with no additional fused rings is 1. The molecular formula is C27H41N3O3. The maximum atomic E-state index is 13.7. The Morgan fingerprint density at radius 3 is 2.52 bits per heavy atom. The monoisotopic (exact) mass is 455 g/mol. The first-order chi connectivity index (χ1) is 15.9. The summed E-state index contributed by atoms with van der Waals surface area (Å²) in [6, 6.07) is 7.88. The Labute approximate surface area is 198 Å². The summed E-state index contributed by atoms with van der Waals surface area (Å²) in [5, 5.41) is 13.7. The van der Waals surface area contributed by atoms with Gasteiger partial charge in [0, 0.05) is 17.8 Å². The topological polar surface area (TPSA) is 82.0 Å². The highest BCUT2D eigenvalue weighted by Gasteiger charge is 2.37. The van der Waals surface area contributed by atoms with Crippen LogP contribution in [0.15, 0.2) is 29.3 Å². The van der Waals surface area contributed by atoms with Gasteiger partial charge >= 0.3 is 0 Å². The maximum Gasteiger partial charge on any atom is 0.272 e. The zero-order valence-corrected chi connectivity index (χ0v) is 20.7. The number of fused-ring (bicyclic) bond motifs is 1. The number of aliphatic hydroxyl groups is 1. The zero-order valence-electron chi connectivity index (χ0n) is 20.7. The van der Waals surface area contributed by atoms with E-state index in [1.54, 1.807) is 4.90 Å². The summed E-state index contributed by atoms with van der Waals surface area (Å²) >= 11 is 0. The lowest BCUT2D eigenvalue weighted by atomic mass is 9.91. The van der Waals surface area contributed by atoms with E-state index >= 15 is 0 Å². The molecule has 1 aliphatic heterocycles. The average molecular weight is 456 g/mol. The number of hydrogen-bond acceptors (Lipinski definition) is 4. The van der Waals surface area contributed by atoms with Gasteiger partial charge in [0.1, 0.15) is 0 Å². The molecule has 1 aromatic rings. The predicted octanol–water partition coefficient (Wildman–Crippen LogP) is 4.69. The average Bonchev–Trinajstić information content (AvgIpc) is 3.63. The standard InChI is InChI=1S/C27H41N3O3/c1-5-7-13-23(31)21(17-19-14-15-19)26(32)29-25-27(33)30(16-8-6-2)22-12-10-9-11-20(22)24(28-25)18(3)4/h9-12,18-19,21,23,25,31H,5-8,13-17H2,1-4H3,(H,29,32)/t21-,23+,25?/m1/s1. The minimum absolute atomic E-state index is 0.0990. The molecule has 182 valence electrons. The first-order valence-corrected chi connectivity index (χ1v) is 12.8. The van der Waals surface area contributed by atoms with Gasteiger partial charge in [-0.25, -0.2) is 0 Å². The maximum absolute atomic E-state index is 13.7. The number of carbonyl (C=O) groups is 2. The number of rotatable bonds is 12. The second kappa shape index (κ2) is 11.8. The number of nitrogens with one attached hydrogen (secondary N) is 1. The number of benzene rings is 1. The molecule has 0 saturated heterocycles. The summed E-state index contributed by atoms with van der Waals surface area (Å²) < 4.78 is 0. The fourth-order valence-electron chi connectivity index (χ4n) is 4.56. The van der Waals surface area contributed by atoms with Crippen LogP contribution in [0, 0.1) is 17.8 Å². The second-order valence-electron chi connectivity index (χ2n) is 9.94. The van der Waals surface area contributed by atoms with E-state index in [9.17, 15) is 14.7 Å². The Morgan fingerprint density at radius 1 is 1.18 bits per heavy atom. The third-order valence-electron chi connectivity index (χ3n) is 6.74. The van der Waals surface area contributed by atoms with Crippen molar-refractivity contribution in [2.75, 3.05) is 11.4 Å². The minimum Gasteiger partial charge on any atom is -0.392 e. The van der Waals surface area contributed by atoms with Crippen molar-refractivity contribution in [3.63, 3.8) is 0 Å². The molecule has 3 rings (SSSR count). The highest BCUT2D eigenvalue weighted by atomic mass is 16.3. The lowest BCUT2D eigenvalue weighted by molar-refractivity contribution is -0.133. The van der Waals surface area contributed by atoms with Crippen molar-refractivity contribution in [3.05, 3.63) is 29.8 Å². The van der Waals surface area contributed by atoms with E-state index in [-0.39, 0.29) is 17.7 Å². The number of nitrogens with zero attached hydrogens (tertiary/aromatic N) is 2. The molecule has 33 heavy (non-hydrogen) atoms. The number of anilines is 1. The number of para-hydroxylation sites is 1. The van der Waals surface area contributed by atoms with Gasteiger partial charge in [0.15, 0.2) is 0 Å². The van der Waals surface area contributed by atoms with Crippen LogP contribution in [-0.2, 0) is 9.59 Å². The van der Waals surface area contributed by atoms with Crippen molar-refractivity contribution in [3.8, 4) is 0 Å². The number of amides is 2. The van der Waals surface area contributed by atoms with Crippen LogP contribution >= 0.6 is 0 Å². The molecule has 2 amide bonds. The molecule has 1 aliphatic carbocycles. The summed E-state index contributed by atoms with van der Waals surface area (Å²) in [5.41, 5.74) is 2.64. The second-order valence-corrected chi connectivity index (χ2v) is 9.94. The third-order valence-corrected chi connectivity index (χ3v) is 6.74. The largest absolute Gasteiger partial charge is 0.392 e. The molecule has 6 heteroatoms. The molecule has 0 aromatic heterocycles. The summed E-state index contributed by atoms with van der Waals surface area (Å²) in [5.74, 6) is -0.349. The minimum atomic E-state index is -0.973. The van der Waals surface area contributed by atoms with Crippen LogP contribution in [0.25, 0.3) is 0 Å². The van der Waals surface area contributed by atoms with Crippen molar-refractivity contribution in [2.45, 2.75) is 91.3 Å². The summed E-state index contributed by atoms with van der Waals surface area (Å²) in [6.07, 6.45) is 5.55. The molecule has 2 aliphatic rings. The molecule has 0 bridgehead atoms. The van der Waals surface area contributed by atoms with Crippen LogP contribution < -0.4 is 10.2 Å². The van der Waals surface area contributed by atoms with Gasteiger partial charge in [-0.15, -0.1) is 0 Å². The molecule has 3 atom stereocenters. The molecule has 1 fully saturated rings. The van der Waals surface area contributed by atoms with Gasteiger partial charge in [-0.2, -0.15) is 0 Å². The lowest BCUT2D eigenvalue weighted by Crippen LogP contribution is -2.50. The van der Waals surface area contributed by atoms with E-state index < -0.39 is 18.2 Å². The molecule has 1 aromatic carbocycles. The van der Waals surface area contributed by atoms with E-state index in [0.717, 1.165) is 55.5 Å². The molecule has 1 heterocycles. The third kappa shape index (κ3) is 6.44. The van der Waals surface area contributed by atoms with Gasteiger partial charge in [-0.1, -0.05) is 78.0 Å². The van der Waals surface area contributed by atoms with E-state index in [1.165, 1.54) is 0 Å². The molecule has 1 unspecified atom stereocenters. The van der Waals surface area contributed by atoms with E-state index in [2.05, 4.69) is 33.0 Å². The molecule has 2 N–H and O–H groups in total. The van der Waals surface area contributed by atoms with Gasteiger partial charge in [0.05, 0.1) is 17.7 Å². The van der Waals surface area contributed by atoms with E-state index in [1.807, 2.05) is 24.3 Å². The first kappa shape index (κ1) is 25.4. The summed E-state index contributed by atoms with van der Waals surface area (Å²) in [7, 11) is 0. The quantitative estimate of drug-likeness (QED) is 0.480. The fraction of sp³-hybridized carbons (Fsp3) is 0.667. The molecule has 1 saturated carbocycles. The van der Waals surface area contributed by atoms with Gasteiger partial charge in [0.25, 0.3) is 5.91 Å². The van der Waals surface area contributed by atoms with Crippen LogP contribution in [-0.4, -0.2) is 41.4 Å².